The van der Waals surface area contributed by atoms with Gasteiger partial charge in [-0.1, -0.05) is 23.4 Å². The van der Waals surface area contributed by atoms with Crippen LogP contribution < -0.4 is 4.74 Å². The third-order valence-corrected chi connectivity index (χ3v) is 8.67. The highest BCUT2D eigenvalue weighted by molar-refractivity contribution is 7.53. The van der Waals surface area contributed by atoms with Gasteiger partial charge in [0.1, 0.15) is 11.5 Å². The van der Waals surface area contributed by atoms with Crippen LogP contribution in [0.3, 0.4) is 0 Å². The number of aryl methyl sites for hydroxylation is 1. The van der Waals surface area contributed by atoms with Crippen LogP contribution in [0.15, 0.2) is 65.8 Å². The molecule has 0 aliphatic heterocycles. The molecule has 0 aliphatic carbocycles. The number of nitrogens with zero attached hydrogens (tertiary/aromatic N) is 3. The Kier molecular flexibility index (Phi) is 10.1. The summed E-state index contributed by atoms with van der Waals surface area (Å²) in [5.74, 6) is -0.0109. The lowest BCUT2D eigenvalue weighted by molar-refractivity contribution is -0.384. The maximum atomic E-state index is 13.0. The number of ether oxygens (including phenoxy) is 1. The quantitative estimate of drug-likeness (QED) is 0.0497. The van der Waals surface area contributed by atoms with E-state index in [0.29, 0.717) is 47.5 Å². The number of fused-ring (bicyclic) bond motifs is 3. The smallest absolute Gasteiger partial charge is 0.332 e. The summed E-state index contributed by atoms with van der Waals surface area (Å²) in [6.45, 7) is 8.14. The SMILES string of the molecule is CCOc1ccccc1/C(=N\OC(C)=O)c1ccc2c(c1)c1cc([N+](=O)[O-])ccc1n2CCCP(=O)(OCC)OCC. The van der Waals surface area contributed by atoms with Crippen LogP contribution >= 0.6 is 7.60 Å². The summed E-state index contributed by atoms with van der Waals surface area (Å²) in [5.41, 5.74) is 3.18. The summed E-state index contributed by atoms with van der Waals surface area (Å²) in [4.78, 5) is 28.0. The van der Waals surface area contributed by atoms with Gasteiger partial charge in [-0.2, -0.15) is 0 Å². The molecule has 0 unspecified atom stereocenters. The van der Waals surface area contributed by atoms with Crippen LogP contribution in [-0.2, 0) is 29.8 Å². The first-order valence-electron chi connectivity index (χ1n) is 13.8. The van der Waals surface area contributed by atoms with E-state index < -0.39 is 18.5 Å². The Balaban J connectivity index is 1.85. The molecule has 1 heterocycles. The monoisotopic (exact) mass is 595 g/mol. The fourth-order valence-corrected chi connectivity index (χ4v) is 6.54. The standard InChI is InChI=1S/C30H34N3O8P/c1-5-38-29-12-9-8-11-24(29)30(31-41-21(4)34)22-13-15-27-25(19-22)26-20-23(33(35)36)14-16-28(26)32(27)17-10-18-42(37,39-6-2)40-7-3/h8-9,11-16,19-20H,5-7,10,17-18H2,1-4H3/b31-30-. The molecule has 4 aromatic rings. The fraction of sp³-hybridized carbons (Fsp3) is 0.333. The Morgan fingerprint density at radius 1 is 0.952 bits per heavy atom. The molecule has 42 heavy (non-hydrogen) atoms. The number of benzene rings is 3. The van der Waals surface area contributed by atoms with Gasteiger partial charge in [-0.15, -0.1) is 0 Å². The number of hydrogen-bond acceptors (Lipinski definition) is 9. The Hall–Kier alpha value is -4.05. The number of hydrogen-bond donors (Lipinski definition) is 0. The van der Waals surface area contributed by atoms with E-state index in [0.717, 1.165) is 16.4 Å². The highest BCUT2D eigenvalue weighted by Crippen LogP contribution is 2.48. The number of carbonyl (C=O) groups excluding carboxylic acids is 1. The van der Waals surface area contributed by atoms with Gasteiger partial charge in [0.05, 0.1) is 30.9 Å². The maximum Gasteiger partial charge on any atom is 0.332 e. The molecule has 0 saturated carbocycles. The van der Waals surface area contributed by atoms with Gasteiger partial charge in [0.2, 0.25) is 0 Å². The lowest BCUT2D eigenvalue weighted by atomic mass is 9.99. The lowest BCUT2D eigenvalue weighted by Gasteiger charge is -2.17. The summed E-state index contributed by atoms with van der Waals surface area (Å²) >= 11 is 0. The Morgan fingerprint density at radius 3 is 2.26 bits per heavy atom. The van der Waals surface area contributed by atoms with Gasteiger partial charge in [-0.3, -0.25) is 14.7 Å². The minimum absolute atomic E-state index is 0.0420. The maximum absolute atomic E-state index is 13.0. The highest BCUT2D eigenvalue weighted by atomic mass is 31.2. The van der Waals surface area contributed by atoms with Crippen LogP contribution in [0.1, 0.15) is 45.2 Å². The molecule has 0 atom stereocenters. The van der Waals surface area contributed by atoms with E-state index in [4.69, 9.17) is 18.6 Å². The molecule has 0 saturated heterocycles. The largest absolute Gasteiger partial charge is 0.493 e. The Morgan fingerprint density at radius 2 is 1.62 bits per heavy atom. The van der Waals surface area contributed by atoms with E-state index in [1.54, 1.807) is 32.0 Å². The predicted octanol–water partition coefficient (Wildman–Crippen LogP) is 7.07. The van der Waals surface area contributed by atoms with Crippen LogP contribution in [0.25, 0.3) is 21.8 Å². The van der Waals surface area contributed by atoms with Crippen LogP contribution in [0.2, 0.25) is 0 Å². The van der Waals surface area contributed by atoms with Crippen LogP contribution in [0.4, 0.5) is 5.69 Å². The number of nitro groups is 1. The number of rotatable bonds is 14. The van der Waals surface area contributed by atoms with Crippen molar-refractivity contribution in [3.8, 4) is 5.75 Å². The summed E-state index contributed by atoms with van der Waals surface area (Å²) in [7, 11) is -3.23. The molecule has 0 radical (unpaired) electrons. The molecule has 0 N–H and O–H groups in total. The second-order valence-electron chi connectivity index (χ2n) is 9.32. The van der Waals surface area contributed by atoms with Crippen molar-refractivity contribution in [3.63, 3.8) is 0 Å². The van der Waals surface area contributed by atoms with Crippen molar-refractivity contribution in [2.75, 3.05) is 26.0 Å². The number of aromatic nitrogens is 1. The van der Waals surface area contributed by atoms with E-state index in [9.17, 15) is 19.5 Å². The Bertz CT molecular complexity index is 1670. The van der Waals surface area contributed by atoms with Crippen molar-refractivity contribution in [1.29, 1.82) is 0 Å². The summed E-state index contributed by atoms with van der Waals surface area (Å²) < 4.78 is 31.8. The minimum Gasteiger partial charge on any atom is -0.493 e. The van der Waals surface area contributed by atoms with E-state index in [1.165, 1.54) is 13.0 Å². The van der Waals surface area contributed by atoms with Crippen LogP contribution in [-0.4, -0.2) is 47.2 Å². The topological polar surface area (TPSA) is 131 Å². The first-order valence-corrected chi connectivity index (χ1v) is 15.5. The zero-order valence-electron chi connectivity index (χ0n) is 24.1. The van der Waals surface area contributed by atoms with Gasteiger partial charge in [-0.25, -0.2) is 4.79 Å². The van der Waals surface area contributed by atoms with Gasteiger partial charge < -0.3 is 23.2 Å². The summed E-state index contributed by atoms with van der Waals surface area (Å²) in [6, 6.07) is 17.6. The number of para-hydroxylation sites is 1. The van der Waals surface area contributed by atoms with Crippen molar-refractivity contribution < 1.29 is 32.9 Å². The molecule has 0 spiro atoms. The fourth-order valence-electron chi connectivity index (χ4n) is 4.89. The summed E-state index contributed by atoms with van der Waals surface area (Å²) in [6.07, 6.45) is 0.726. The van der Waals surface area contributed by atoms with E-state index >= 15 is 0 Å². The first-order chi connectivity index (χ1) is 20.2. The average molecular weight is 596 g/mol. The highest BCUT2D eigenvalue weighted by Gasteiger charge is 2.24. The predicted molar refractivity (Wildman–Crippen MR) is 161 cm³/mol. The molecule has 3 aromatic carbocycles. The van der Waals surface area contributed by atoms with E-state index in [2.05, 4.69) is 5.16 Å². The second-order valence-corrected chi connectivity index (χ2v) is 11.5. The minimum atomic E-state index is -3.23. The first kappa shape index (κ1) is 30.9. The van der Waals surface area contributed by atoms with Crippen molar-refractivity contribution in [2.45, 2.75) is 40.7 Å². The molecular weight excluding hydrogens is 561 g/mol. The number of non-ortho nitro benzene ring substituents is 1. The third kappa shape index (κ3) is 6.87. The second kappa shape index (κ2) is 13.7. The number of nitro benzene ring substituents is 1. The molecule has 4 rings (SSSR count). The Labute approximate surface area is 243 Å². The van der Waals surface area contributed by atoms with Crippen LogP contribution in [0, 0.1) is 10.1 Å². The molecule has 11 nitrogen and oxygen atoms in total. The van der Waals surface area contributed by atoms with Crippen LogP contribution in [0.5, 0.6) is 5.75 Å². The molecule has 1 aromatic heterocycles. The van der Waals surface area contributed by atoms with Crippen molar-refractivity contribution in [2.24, 2.45) is 5.16 Å². The van der Waals surface area contributed by atoms with Gasteiger partial charge in [0.25, 0.3) is 5.69 Å². The van der Waals surface area contributed by atoms with Crippen molar-refractivity contribution >= 4 is 46.8 Å². The number of oxime groups is 1. The molecule has 0 amide bonds. The lowest BCUT2D eigenvalue weighted by Crippen LogP contribution is -2.09. The van der Waals surface area contributed by atoms with Gasteiger partial charge in [0, 0.05) is 58.5 Å². The molecule has 0 fully saturated rings. The zero-order chi connectivity index (χ0) is 30.3. The molecule has 0 bridgehead atoms. The number of carbonyl (C=O) groups is 1. The summed E-state index contributed by atoms with van der Waals surface area (Å²) in [5, 5.41) is 17.2. The van der Waals surface area contributed by atoms with Gasteiger partial charge in [0.15, 0.2) is 0 Å². The average Bonchev–Trinajstić information content (AvgIpc) is 3.26. The van der Waals surface area contributed by atoms with Crippen molar-refractivity contribution in [1.82, 2.24) is 4.57 Å². The molecule has 12 heteroatoms. The molecule has 0 aliphatic rings. The normalized spacial score (nSPS) is 12.1. The zero-order valence-corrected chi connectivity index (χ0v) is 25.0. The van der Waals surface area contributed by atoms with E-state index in [-0.39, 0.29) is 25.1 Å². The molecular formula is C30H34N3O8P. The van der Waals surface area contributed by atoms with Gasteiger partial charge >= 0.3 is 13.6 Å². The molecule has 222 valence electrons. The third-order valence-electron chi connectivity index (χ3n) is 6.51. The van der Waals surface area contributed by atoms with Crippen molar-refractivity contribution in [3.05, 3.63) is 81.9 Å². The van der Waals surface area contributed by atoms with E-state index in [1.807, 2.05) is 47.9 Å². The van der Waals surface area contributed by atoms with Gasteiger partial charge in [-0.05, 0) is 57.5 Å².